The number of hydrogen-bond acceptors (Lipinski definition) is 5. The summed E-state index contributed by atoms with van der Waals surface area (Å²) in [5, 5.41) is 10.8. The minimum Gasteiger partial charge on any atom is -0.512 e. The van der Waals surface area contributed by atoms with Gasteiger partial charge in [-0.15, -0.1) is 0 Å². The highest BCUT2D eigenvalue weighted by molar-refractivity contribution is 6.03. The van der Waals surface area contributed by atoms with Crippen LogP contribution in [-0.2, 0) is 27.1 Å². The van der Waals surface area contributed by atoms with Crippen LogP contribution in [-0.4, -0.2) is 29.3 Å². The van der Waals surface area contributed by atoms with Crippen molar-refractivity contribution >= 4 is 11.9 Å². The number of ether oxygens (including phenoxy) is 2. The van der Waals surface area contributed by atoms with Gasteiger partial charge < -0.3 is 14.6 Å². The molecule has 2 atom stereocenters. The normalized spacial score (nSPS) is 18.2. The molecule has 3 aromatic carbocycles. The molecule has 0 fully saturated rings. The van der Waals surface area contributed by atoms with Crippen molar-refractivity contribution in [3.8, 4) is 0 Å². The van der Waals surface area contributed by atoms with Crippen molar-refractivity contribution in [2.24, 2.45) is 0 Å². The SMILES string of the molecule is O=C(OC(=O)c1ccccc1)C1=C(O)C[C@H](Cc2ccccc2)O[C@@H]1Cc1ccccc1. The molecule has 5 heteroatoms. The first kappa shape index (κ1) is 21.5. The van der Waals surface area contributed by atoms with Crippen molar-refractivity contribution in [3.05, 3.63) is 119 Å². The lowest BCUT2D eigenvalue weighted by Gasteiger charge is -2.31. The standard InChI is InChI=1S/C27H24O5/c28-23-18-22(16-19-10-4-1-5-11-19)31-24(17-20-12-6-2-7-13-20)25(23)27(30)32-26(29)21-14-8-3-9-15-21/h1-15,22,24,28H,16-18H2/t22-,24+/m0/s1. The molecule has 0 aliphatic carbocycles. The number of esters is 2. The molecule has 1 aliphatic rings. The van der Waals surface area contributed by atoms with Crippen molar-refractivity contribution in [2.75, 3.05) is 0 Å². The lowest BCUT2D eigenvalue weighted by molar-refractivity contribution is -0.137. The summed E-state index contributed by atoms with van der Waals surface area (Å²) in [4.78, 5) is 25.3. The molecule has 32 heavy (non-hydrogen) atoms. The minimum absolute atomic E-state index is 0.00226. The first-order chi connectivity index (χ1) is 15.6. The lowest BCUT2D eigenvalue weighted by atomic mass is 9.93. The molecule has 0 saturated heterocycles. The van der Waals surface area contributed by atoms with Gasteiger partial charge in [0.15, 0.2) is 0 Å². The van der Waals surface area contributed by atoms with E-state index in [4.69, 9.17) is 9.47 Å². The number of carbonyl (C=O) groups is 2. The molecule has 0 unspecified atom stereocenters. The molecule has 0 spiro atoms. The Hall–Kier alpha value is -3.70. The second-order valence-corrected chi connectivity index (χ2v) is 7.73. The maximum Gasteiger partial charge on any atom is 0.348 e. The van der Waals surface area contributed by atoms with Gasteiger partial charge in [-0.3, -0.25) is 0 Å². The van der Waals surface area contributed by atoms with Crippen LogP contribution in [0.2, 0.25) is 0 Å². The van der Waals surface area contributed by atoms with Gasteiger partial charge in [0.1, 0.15) is 11.3 Å². The van der Waals surface area contributed by atoms with Crippen molar-refractivity contribution in [1.82, 2.24) is 0 Å². The first-order valence-corrected chi connectivity index (χ1v) is 10.6. The van der Waals surface area contributed by atoms with E-state index in [2.05, 4.69) is 0 Å². The average molecular weight is 428 g/mol. The largest absolute Gasteiger partial charge is 0.512 e. The fraction of sp³-hybridized carbons (Fsp3) is 0.185. The first-order valence-electron chi connectivity index (χ1n) is 10.6. The van der Waals surface area contributed by atoms with Crippen molar-refractivity contribution in [3.63, 3.8) is 0 Å². The summed E-state index contributed by atoms with van der Waals surface area (Å²) >= 11 is 0. The van der Waals surface area contributed by atoms with Crippen LogP contribution in [0.25, 0.3) is 0 Å². The fourth-order valence-electron chi connectivity index (χ4n) is 3.86. The van der Waals surface area contributed by atoms with E-state index in [9.17, 15) is 14.7 Å². The predicted molar refractivity (Wildman–Crippen MR) is 120 cm³/mol. The summed E-state index contributed by atoms with van der Waals surface area (Å²) in [7, 11) is 0. The molecule has 0 saturated carbocycles. The van der Waals surface area contributed by atoms with Crippen LogP contribution in [0.3, 0.4) is 0 Å². The number of rotatable bonds is 6. The second-order valence-electron chi connectivity index (χ2n) is 7.73. The van der Waals surface area contributed by atoms with E-state index in [1.54, 1.807) is 30.3 Å². The highest BCUT2D eigenvalue weighted by atomic mass is 16.6. The molecule has 1 N–H and O–H groups in total. The van der Waals surface area contributed by atoms with Crippen LogP contribution in [0.5, 0.6) is 0 Å². The van der Waals surface area contributed by atoms with Gasteiger partial charge in [0, 0.05) is 12.8 Å². The molecule has 0 aromatic heterocycles. The van der Waals surface area contributed by atoms with E-state index in [0.29, 0.717) is 12.8 Å². The van der Waals surface area contributed by atoms with Crippen LogP contribution in [0.15, 0.2) is 102 Å². The summed E-state index contributed by atoms with van der Waals surface area (Å²) < 4.78 is 11.3. The minimum atomic E-state index is -0.879. The fourth-order valence-corrected chi connectivity index (χ4v) is 3.86. The van der Waals surface area contributed by atoms with Crippen LogP contribution >= 0.6 is 0 Å². The molecule has 3 aromatic rings. The molecule has 0 radical (unpaired) electrons. The second kappa shape index (κ2) is 10.1. The van der Waals surface area contributed by atoms with Crippen molar-refractivity contribution in [2.45, 2.75) is 31.5 Å². The van der Waals surface area contributed by atoms with Gasteiger partial charge in [-0.1, -0.05) is 78.9 Å². The van der Waals surface area contributed by atoms with Gasteiger partial charge in [-0.25, -0.2) is 9.59 Å². The maximum absolute atomic E-state index is 12.9. The monoisotopic (exact) mass is 428 g/mol. The van der Waals surface area contributed by atoms with Gasteiger partial charge in [-0.2, -0.15) is 0 Å². The zero-order chi connectivity index (χ0) is 22.3. The number of hydrogen-bond donors (Lipinski definition) is 1. The van der Waals surface area contributed by atoms with Crippen LogP contribution in [0.4, 0.5) is 0 Å². The van der Waals surface area contributed by atoms with E-state index in [-0.39, 0.29) is 29.4 Å². The quantitative estimate of drug-likeness (QED) is 0.450. The van der Waals surface area contributed by atoms with Crippen molar-refractivity contribution in [1.29, 1.82) is 0 Å². The third kappa shape index (κ3) is 5.31. The molecule has 0 amide bonds. The smallest absolute Gasteiger partial charge is 0.348 e. The van der Waals surface area contributed by atoms with Crippen LogP contribution in [0, 0.1) is 0 Å². The van der Waals surface area contributed by atoms with E-state index in [1.165, 1.54) is 0 Å². The van der Waals surface area contributed by atoms with Gasteiger partial charge in [0.05, 0.1) is 17.8 Å². The Morgan fingerprint density at radius 2 is 1.31 bits per heavy atom. The number of benzene rings is 3. The highest BCUT2D eigenvalue weighted by Crippen LogP contribution is 2.30. The molecule has 1 heterocycles. The Bertz CT molecular complexity index is 1090. The number of aliphatic hydroxyl groups excluding tert-OH is 1. The number of carbonyl (C=O) groups excluding carboxylic acids is 2. The Morgan fingerprint density at radius 3 is 1.91 bits per heavy atom. The molecule has 1 aliphatic heterocycles. The molecular weight excluding hydrogens is 404 g/mol. The highest BCUT2D eigenvalue weighted by Gasteiger charge is 2.36. The predicted octanol–water partition coefficient (Wildman–Crippen LogP) is 4.83. The van der Waals surface area contributed by atoms with Crippen LogP contribution in [0.1, 0.15) is 27.9 Å². The van der Waals surface area contributed by atoms with E-state index < -0.39 is 18.0 Å². The van der Waals surface area contributed by atoms with Gasteiger partial charge in [0.25, 0.3) is 0 Å². The summed E-state index contributed by atoms with van der Waals surface area (Å²) in [6.45, 7) is 0. The zero-order valence-corrected chi connectivity index (χ0v) is 17.5. The van der Waals surface area contributed by atoms with Crippen LogP contribution < -0.4 is 0 Å². The van der Waals surface area contributed by atoms with E-state index >= 15 is 0 Å². The molecular formula is C27H24O5. The molecule has 4 rings (SSSR count). The Kier molecular flexibility index (Phi) is 6.78. The summed E-state index contributed by atoms with van der Waals surface area (Å²) in [5.41, 5.74) is 2.29. The molecule has 162 valence electrons. The topological polar surface area (TPSA) is 72.8 Å². The Balaban J connectivity index is 1.57. The summed E-state index contributed by atoms with van der Waals surface area (Å²) in [6.07, 6.45) is 0.120. The van der Waals surface area contributed by atoms with Crippen molar-refractivity contribution < 1.29 is 24.2 Å². The molecule has 5 nitrogen and oxygen atoms in total. The molecule has 0 bridgehead atoms. The third-order valence-electron chi connectivity index (χ3n) is 5.40. The third-order valence-corrected chi connectivity index (χ3v) is 5.40. The number of aliphatic hydroxyl groups is 1. The van der Waals surface area contributed by atoms with Gasteiger partial charge >= 0.3 is 11.9 Å². The maximum atomic E-state index is 12.9. The van der Waals surface area contributed by atoms with Gasteiger partial charge in [0.2, 0.25) is 0 Å². The zero-order valence-electron chi connectivity index (χ0n) is 17.5. The Labute approximate surface area is 186 Å². The van der Waals surface area contributed by atoms with Gasteiger partial charge in [-0.05, 0) is 29.7 Å². The lowest BCUT2D eigenvalue weighted by Crippen LogP contribution is -2.37. The van der Waals surface area contributed by atoms with E-state index in [0.717, 1.165) is 11.1 Å². The average Bonchev–Trinajstić information content (AvgIpc) is 2.80. The Morgan fingerprint density at radius 1 is 0.781 bits per heavy atom. The summed E-state index contributed by atoms with van der Waals surface area (Å²) in [5.74, 6) is -1.74. The summed E-state index contributed by atoms with van der Waals surface area (Å²) in [6, 6.07) is 27.7. The van der Waals surface area contributed by atoms with E-state index in [1.807, 2.05) is 60.7 Å².